The van der Waals surface area contributed by atoms with Crippen molar-refractivity contribution in [2.75, 3.05) is 25.5 Å². The second kappa shape index (κ2) is 7.07. The van der Waals surface area contributed by atoms with Gasteiger partial charge in [-0.2, -0.15) is 0 Å². The highest BCUT2D eigenvalue weighted by atomic mass is 35.5. The number of rotatable bonds is 4. The van der Waals surface area contributed by atoms with Crippen LogP contribution < -0.4 is 5.32 Å². The Bertz CT molecular complexity index is 577. The lowest BCUT2D eigenvalue weighted by Crippen LogP contribution is -2.51. The summed E-state index contributed by atoms with van der Waals surface area (Å²) < 4.78 is 11.1. The summed E-state index contributed by atoms with van der Waals surface area (Å²) in [6.45, 7) is 3.70. The quantitative estimate of drug-likeness (QED) is 0.913. The maximum Gasteiger partial charge on any atom is 0.322 e. The molecule has 23 heavy (non-hydrogen) atoms. The zero-order valence-corrected chi connectivity index (χ0v) is 14.3. The molecule has 1 saturated carbocycles. The third-order valence-corrected chi connectivity index (χ3v) is 4.56. The number of carbonyl (C=O) groups is 1. The van der Waals surface area contributed by atoms with Crippen molar-refractivity contribution in [3.05, 3.63) is 28.8 Å². The van der Waals surface area contributed by atoms with Gasteiger partial charge in [-0.15, -0.1) is 0 Å². The molecule has 1 heterocycles. The average Bonchev–Trinajstić information content (AvgIpc) is 3.34. The molecule has 6 heteroatoms. The number of amides is 2. The van der Waals surface area contributed by atoms with Gasteiger partial charge in [-0.25, -0.2) is 4.79 Å². The van der Waals surface area contributed by atoms with E-state index in [-0.39, 0.29) is 18.2 Å². The van der Waals surface area contributed by atoms with Crippen LogP contribution in [0, 0.1) is 5.92 Å². The molecular formula is C17H23ClN2O3. The number of carbonyl (C=O) groups excluding carboxylic acids is 1. The Morgan fingerprint density at radius 1 is 1.43 bits per heavy atom. The van der Waals surface area contributed by atoms with Crippen molar-refractivity contribution >= 4 is 23.3 Å². The number of morpholine rings is 1. The van der Waals surface area contributed by atoms with Crippen molar-refractivity contribution in [1.29, 1.82) is 0 Å². The van der Waals surface area contributed by atoms with Crippen LogP contribution in [0.3, 0.4) is 0 Å². The van der Waals surface area contributed by atoms with Crippen LogP contribution in [-0.2, 0) is 16.1 Å². The van der Waals surface area contributed by atoms with Gasteiger partial charge in [0.15, 0.2) is 0 Å². The third-order valence-electron chi connectivity index (χ3n) is 4.33. The maximum atomic E-state index is 12.6. The molecule has 0 radical (unpaired) electrons. The van der Waals surface area contributed by atoms with E-state index in [2.05, 4.69) is 5.32 Å². The first-order valence-corrected chi connectivity index (χ1v) is 8.43. The van der Waals surface area contributed by atoms with E-state index in [1.54, 1.807) is 13.2 Å². The molecule has 1 aliphatic carbocycles. The monoisotopic (exact) mass is 338 g/mol. The van der Waals surface area contributed by atoms with Crippen LogP contribution in [-0.4, -0.2) is 43.3 Å². The molecule has 2 aliphatic rings. The van der Waals surface area contributed by atoms with Crippen molar-refractivity contribution in [1.82, 2.24) is 4.90 Å². The van der Waals surface area contributed by atoms with E-state index in [1.807, 2.05) is 24.0 Å². The highest BCUT2D eigenvalue weighted by Gasteiger charge is 2.38. The average molecular weight is 339 g/mol. The lowest BCUT2D eigenvalue weighted by molar-refractivity contribution is -0.0717. The number of hydrogen-bond acceptors (Lipinski definition) is 3. The number of hydrogen-bond donors (Lipinski definition) is 1. The molecule has 0 bridgehead atoms. The number of halogens is 1. The molecule has 126 valence electrons. The Balaban J connectivity index is 1.68. The SMILES string of the molecule is COCc1cc(Cl)ccc1NC(=O)N1CC(C)OC(C2CC2)C1. The van der Waals surface area contributed by atoms with Crippen molar-refractivity contribution in [3.8, 4) is 0 Å². The van der Waals surface area contributed by atoms with Crippen molar-refractivity contribution in [2.24, 2.45) is 5.92 Å². The second-order valence-electron chi connectivity index (χ2n) is 6.39. The summed E-state index contributed by atoms with van der Waals surface area (Å²) >= 11 is 6.02. The number of nitrogens with zero attached hydrogens (tertiary/aromatic N) is 1. The van der Waals surface area contributed by atoms with Gasteiger partial charge >= 0.3 is 6.03 Å². The number of urea groups is 1. The van der Waals surface area contributed by atoms with Crippen LogP contribution in [0.15, 0.2) is 18.2 Å². The molecule has 1 N–H and O–H groups in total. The lowest BCUT2D eigenvalue weighted by atomic mass is 10.1. The summed E-state index contributed by atoms with van der Waals surface area (Å²) in [6, 6.07) is 5.31. The van der Waals surface area contributed by atoms with Gasteiger partial charge in [-0.3, -0.25) is 0 Å². The number of nitrogens with one attached hydrogen (secondary N) is 1. The normalized spacial score (nSPS) is 24.6. The smallest absolute Gasteiger partial charge is 0.322 e. The van der Waals surface area contributed by atoms with Crippen LogP contribution >= 0.6 is 11.6 Å². The number of anilines is 1. The predicted octanol–water partition coefficient (Wildman–Crippen LogP) is 3.52. The van der Waals surface area contributed by atoms with Crippen LogP contribution in [0.25, 0.3) is 0 Å². The second-order valence-corrected chi connectivity index (χ2v) is 6.83. The maximum absolute atomic E-state index is 12.6. The number of benzene rings is 1. The van der Waals surface area contributed by atoms with Gasteiger partial charge in [0.1, 0.15) is 0 Å². The Morgan fingerprint density at radius 3 is 2.91 bits per heavy atom. The summed E-state index contributed by atoms with van der Waals surface area (Å²) in [7, 11) is 1.62. The van der Waals surface area contributed by atoms with Crippen LogP contribution in [0.1, 0.15) is 25.3 Å². The minimum atomic E-state index is -0.0922. The molecule has 0 aromatic heterocycles. The topological polar surface area (TPSA) is 50.8 Å². The molecular weight excluding hydrogens is 316 g/mol. The summed E-state index contributed by atoms with van der Waals surface area (Å²) in [4.78, 5) is 14.5. The molecule has 2 amide bonds. The lowest BCUT2D eigenvalue weighted by Gasteiger charge is -2.37. The van der Waals surface area contributed by atoms with Gasteiger partial charge in [0.2, 0.25) is 0 Å². The molecule has 1 aliphatic heterocycles. The van der Waals surface area contributed by atoms with E-state index < -0.39 is 0 Å². The first kappa shape index (κ1) is 16.6. The zero-order chi connectivity index (χ0) is 16.4. The summed E-state index contributed by atoms with van der Waals surface area (Å²) in [5.41, 5.74) is 1.61. The molecule has 3 rings (SSSR count). The highest BCUT2D eigenvalue weighted by molar-refractivity contribution is 6.30. The highest BCUT2D eigenvalue weighted by Crippen LogP contribution is 2.36. The van der Waals surface area contributed by atoms with Gasteiger partial charge in [0, 0.05) is 36.5 Å². The first-order valence-electron chi connectivity index (χ1n) is 8.05. The van der Waals surface area contributed by atoms with Crippen LogP contribution in [0.4, 0.5) is 10.5 Å². The fourth-order valence-electron chi connectivity index (χ4n) is 3.03. The van der Waals surface area contributed by atoms with E-state index in [1.165, 1.54) is 12.8 Å². The minimum Gasteiger partial charge on any atom is -0.380 e. The third kappa shape index (κ3) is 4.16. The summed E-state index contributed by atoms with van der Waals surface area (Å²) in [5, 5.41) is 3.61. The first-order chi connectivity index (χ1) is 11.1. The molecule has 0 spiro atoms. The Labute approximate surface area is 141 Å². The summed E-state index contributed by atoms with van der Waals surface area (Å²) in [5.74, 6) is 0.618. The van der Waals surface area contributed by atoms with Crippen LogP contribution in [0.2, 0.25) is 5.02 Å². The van der Waals surface area contributed by atoms with Gasteiger partial charge in [0.25, 0.3) is 0 Å². The standard InChI is InChI=1S/C17H23ClN2O3/c1-11-8-20(9-16(23-11)12-3-4-12)17(21)19-15-6-5-14(18)7-13(15)10-22-2/h5-7,11-12,16H,3-4,8-10H2,1-2H3,(H,19,21). The van der Waals surface area contributed by atoms with Gasteiger partial charge in [-0.1, -0.05) is 11.6 Å². The number of methoxy groups -OCH3 is 1. The summed E-state index contributed by atoms with van der Waals surface area (Å²) in [6.07, 6.45) is 2.67. The van der Waals surface area contributed by atoms with Gasteiger partial charge in [-0.05, 0) is 43.9 Å². The zero-order valence-electron chi connectivity index (χ0n) is 13.5. The van der Waals surface area contributed by atoms with Crippen molar-refractivity contribution in [3.63, 3.8) is 0 Å². The van der Waals surface area contributed by atoms with E-state index >= 15 is 0 Å². The van der Waals surface area contributed by atoms with Crippen LogP contribution in [0.5, 0.6) is 0 Å². The fourth-order valence-corrected chi connectivity index (χ4v) is 3.23. The van der Waals surface area contributed by atoms with Crippen molar-refractivity contribution < 1.29 is 14.3 Å². The molecule has 1 saturated heterocycles. The van der Waals surface area contributed by atoms with Gasteiger partial charge < -0.3 is 19.7 Å². The molecule has 2 fully saturated rings. The van der Waals surface area contributed by atoms with E-state index in [4.69, 9.17) is 21.1 Å². The molecule has 2 unspecified atom stereocenters. The molecule has 2 atom stereocenters. The fraction of sp³-hybridized carbons (Fsp3) is 0.588. The largest absolute Gasteiger partial charge is 0.380 e. The Hall–Kier alpha value is -1.30. The van der Waals surface area contributed by atoms with E-state index in [0.717, 1.165) is 11.3 Å². The van der Waals surface area contributed by atoms with Crippen molar-refractivity contribution in [2.45, 2.75) is 38.6 Å². The Morgan fingerprint density at radius 2 is 2.22 bits per heavy atom. The van der Waals surface area contributed by atoms with E-state index in [9.17, 15) is 4.79 Å². The molecule has 1 aromatic rings. The molecule has 5 nitrogen and oxygen atoms in total. The number of ether oxygens (including phenoxy) is 2. The van der Waals surface area contributed by atoms with Gasteiger partial charge in [0.05, 0.1) is 18.8 Å². The predicted molar refractivity (Wildman–Crippen MR) is 89.8 cm³/mol. The Kier molecular flexibility index (Phi) is 5.09. The minimum absolute atomic E-state index is 0.0729. The molecule has 1 aromatic carbocycles. The van der Waals surface area contributed by atoms with E-state index in [0.29, 0.717) is 30.6 Å².